The molecule has 0 amide bonds. The Morgan fingerprint density at radius 3 is 2.77 bits per heavy atom. The maximum absolute atomic E-state index is 10.5. The molecule has 1 aliphatic rings. The van der Waals surface area contributed by atoms with Crippen LogP contribution in [-0.2, 0) is 13.0 Å². The van der Waals surface area contributed by atoms with Crippen LogP contribution >= 0.6 is 11.6 Å². The van der Waals surface area contributed by atoms with Crippen LogP contribution in [0.15, 0.2) is 61.1 Å². The van der Waals surface area contributed by atoms with E-state index in [2.05, 4.69) is 15.3 Å². The van der Waals surface area contributed by atoms with Gasteiger partial charge in [-0.1, -0.05) is 23.7 Å². The monoisotopic (exact) mass is 424 g/mol. The van der Waals surface area contributed by atoms with Gasteiger partial charge in [0.1, 0.15) is 0 Å². The van der Waals surface area contributed by atoms with Crippen molar-refractivity contribution in [2.75, 3.05) is 6.61 Å². The van der Waals surface area contributed by atoms with Crippen LogP contribution in [0.3, 0.4) is 0 Å². The third kappa shape index (κ3) is 4.84. The molecule has 1 fully saturated rings. The molecule has 0 aliphatic heterocycles. The van der Waals surface area contributed by atoms with E-state index in [0.717, 1.165) is 16.8 Å². The molecule has 3 aromatic rings. The van der Waals surface area contributed by atoms with Crippen LogP contribution in [0.25, 0.3) is 11.4 Å². The molecule has 2 heterocycles. The molecule has 7 heteroatoms. The maximum atomic E-state index is 10.5. The van der Waals surface area contributed by atoms with Gasteiger partial charge in [-0.3, -0.25) is 4.98 Å². The molecule has 4 rings (SSSR count). The zero-order valence-corrected chi connectivity index (χ0v) is 17.3. The number of nitrogens with one attached hydrogen (secondary N) is 1. The molecule has 0 saturated heterocycles. The smallest absolute Gasteiger partial charge is 0.160 e. The SMILES string of the molecule is OC[C@@H]1[C@@H](Cc2ccnc(-c3cccnc3)n2)[C@H](NCc2cccc(Cl)c2)C[C@H]1O. The third-order valence-electron chi connectivity index (χ3n) is 5.80. The first-order valence-corrected chi connectivity index (χ1v) is 10.5. The van der Waals surface area contributed by atoms with E-state index in [1.54, 1.807) is 18.6 Å². The van der Waals surface area contributed by atoms with Gasteiger partial charge in [0, 0.05) is 60.0 Å². The normalized spacial score (nSPS) is 23.6. The van der Waals surface area contributed by atoms with Crippen LogP contribution in [0.1, 0.15) is 17.7 Å². The number of benzene rings is 1. The summed E-state index contributed by atoms with van der Waals surface area (Å²) in [6.07, 6.45) is 5.90. The van der Waals surface area contributed by atoms with Crippen molar-refractivity contribution in [1.82, 2.24) is 20.3 Å². The molecular weight excluding hydrogens is 400 g/mol. The van der Waals surface area contributed by atoms with Crippen molar-refractivity contribution in [1.29, 1.82) is 0 Å². The molecule has 0 radical (unpaired) electrons. The standard InChI is InChI=1S/C23H25ClN4O2/c24-17-5-1-3-15(9-17)12-27-21-11-22(30)20(14-29)19(21)10-18-6-8-26-23(28-18)16-4-2-7-25-13-16/h1-9,13,19-22,27,29-30H,10-12,14H2/t19-,20-,21-,22-/m1/s1. The lowest BCUT2D eigenvalue weighted by atomic mass is 9.88. The Morgan fingerprint density at radius 2 is 2.00 bits per heavy atom. The van der Waals surface area contributed by atoms with Gasteiger partial charge in [-0.15, -0.1) is 0 Å². The summed E-state index contributed by atoms with van der Waals surface area (Å²) >= 11 is 6.09. The number of aromatic nitrogens is 3. The summed E-state index contributed by atoms with van der Waals surface area (Å²) in [4.78, 5) is 13.2. The number of aliphatic hydroxyl groups excluding tert-OH is 2. The molecule has 1 saturated carbocycles. The van der Waals surface area contributed by atoms with Crippen molar-refractivity contribution < 1.29 is 10.2 Å². The Hall–Kier alpha value is -2.38. The summed E-state index contributed by atoms with van der Waals surface area (Å²) in [7, 11) is 0. The molecule has 0 bridgehead atoms. The molecule has 6 nitrogen and oxygen atoms in total. The van der Waals surface area contributed by atoms with E-state index >= 15 is 0 Å². The fraction of sp³-hybridized carbons (Fsp3) is 0.348. The second-order valence-corrected chi connectivity index (χ2v) is 8.18. The predicted octanol–water partition coefficient (Wildman–Crippen LogP) is 2.88. The number of nitrogens with zero attached hydrogens (tertiary/aromatic N) is 3. The quantitative estimate of drug-likeness (QED) is 0.540. The van der Waals surface area contributed by atoms with E-state index in [9.17, 15) is 10.2 Å². The Kier molecular flexibility index (Phi) is 6.69. The lowest BCUT2D eigenvalue weighted by molar-refractivity contribution is 0.0716. The highest BCUT2D eigenvalue weighted by atomic mass is 35.5. The van der Waals surface area contributed by atoms with Gasteiger partial charge in [-0.2, -0.15) is 0 Å². The average molecular weight is 425 g/mol. The summed E-state index contributed by atoms with van der Waals surface area (Å²) in [5, 5.41) is 24.7. The highest BCUT2D eigenvalue weighted by molar-refractivity contribution is 6.30. The number of aliphatic hydroxyl groups is 2. The summed E-state index contributed by atoms with van der Waals surface area (Å²) in [5.74, 6) is 0.489. The number of rotatable bonds is 7. The van der Waals surface area contributed by atoms with E-state index in [-0.39, 0.29) is 24.5 Å². The number of hydrogen-bond acceptors (Lipinski definition) is 6. The number of pyridine rings is 1. The van der Waals surface area contributed by atoms with Gasteiger partial charge in [0.25, 0.3) is 0 Å². The lowest BCUT2D eigenvalue weighted by Crippen LogP contribution is -2.36. The van der Waals surface area contributed by atoms with E-state index in [1.165, 1.54) is 0 Å². The van der Waals surface area contributed by atoms with Crippen LogP contribution in [-0.4, -0.2) is 43.9 Å². The molecule has 2 aromatic heterocycles. The fourth-order valence-electron chi connectivity index (χ4n) is 4.26. The van der Waals surface area contributed by atoms with Gasteiger partial charge in [0.05, 0.1) is 6.10 Å². The Morgan fingerprint density at radius 1 is 1.10 bits per heavy atom. The van der Waals surface area contributed by atoms with Crippen molar-refractivity contribution in [2.45, 2.75) is 31.5 Å². The summed E-state index contributed by atoms with van der Waals surface area (Å²) in [6.45, 7) is 0.596. The third-order valence-corrected chi connectivity index (χ3v) is 6.04. The van der Waals surface area contributed by atoms with Crippen molar-refractivity contribution in [3.63, 3.8) is 0 Å². The second kappa shape index (κ2) is 9.62. The number of halogens is 1. The van der Waals surface area contributed by atoms with Gasteiger partial charge in [0.2, 0.25) is 0 Å². The Bertz CT molecular complexity index is 972. The topological polar surface area (TPSA) is 91.2 Å². The molecule has 156 valence electrons. The highest BCUT2D eigenvalue weighted by Crippen LogP contribution is 2.35. The minimum absolute atomic E-state index is 0.0538. The largest absolute Gasteiger partial charge is 0.396 e. The van der Waals surface area contributed by atoms with Gasteiger partial charge >= 0.3 is 0 Å². The van der Waals surface area contributed by atoms with E-state index in [0.29, 0.717) is 30.2 Å². The second-order valence-electron chi connectivity index (χ2n) is 7.75. The molecule has 0 unspecified atom stereocenters. The average Bonchev–Trinajstić information content (AvgIpc) is 3.07. The summed E-state index contributed by atoms with van der Waals surface area (Å²) in [5.41, 5.74) is 2.83. The Balaban J connectivity index is 1.51. The van der Waals surface area contributed by atoms with Crippen LogP contribution in [0, 0.1) is 11.8 Å². The number of hydrogen-bond donors (Lipinski definition) is 3. The van der Waals surface area contributed by atoms with E-state index in [1.807, 2.05) is 42.5 Å². The van der Waals surface area contributed by atoms with Gasteiger partial charge in [-0.05, 0) is 54.7 Å². The van der Waals surface area contributed by atoms with Crippen molar-refractivity contribution in [2.24, 2.45) is 11.8 Å². The van der Waals surface area contributed by atoms with Crippen molar-refractivity contribution in [3.8, 4) is 11.4 Å². The molecule has 4 atom stereocenters. The molecule has 30 heavy (non-hydrogen) atoms. The minimum Gasteiger partial charge on any atom is -0.396 e. The fourth-order valence-corrected chi connectivity index (χ4v) is 4.47. The van der Waals surface area contributed by atoms with Crippen LogP contribution in [0.4, 0.5) is 0 Å². The molecular formula is C23H25ClN4O2. The van der Waals surface area contributed by atoms with Crippen LogP contribution in [0.5, 0.6) is 0 Å². The van der Waals surface area contributed by atoms with Gasteiger partial charge in [-0.25, -0.2) is 9.97 Å². The minimum atomic E-state index is -0.545. The summed E-state index contributed by atoms with van der Waals surface area (Å²) < 4.78 is 0. The zero-order valence-electron chi connectivity index (χ0n) is 16.5. The first-order valence-electron chi connectivity index (χ1n) is 10.1. The Labute approximate surface area is 181 Å². The molecule has 0 spiro atoms. The predicted molar refractivity (Wildman–Crippen MR) is 116 cm³/mol. The highest BCUT2D eigenvalue weighted by Gasteiger charge is 2.42. The lowest BCUT2D eigenvalue weighted by Gasteiger charge is -2.25. The van der Waals surface area contributed by atoms with Crippen molar-refractivity contribution >= 4 is 11.6 Å². The summed E-state index contributed by atoms with van der Waals surface area (Å²) in [6, 6.07) is 13.5. The first kappa shape index (κ1) is 20.9. The van der Waals surface area contributed by atoms with Crippen LogP contribution < -0.4 is 5.32 Å². The first-order chi connectivity index (χ1) is 14.6. The molecule has 3 N–H and O–H groups in total. The van der Waals surface area contributed by atoms with Gasteiger partial charge < -0.3 is 15.5 Å². The maximum Gasteiger partial charge on any atom is 0.160 e. The van der Waals surface area contributed by atoms with Crippen LogP contribution in [0.2, 0.25) is 5.02 Å². The molecule has 1 aliphatic carbocycles. The van der Waals surface area contributed by atoms with Crippen molar-refractivity contribution in [3.05, 3.63) is 77.3 Å². The van der Waals surface area contributed by atoms with E-state index < -0.39 is 6.10 Å². The van der Waals surface area contributed by atoms with Gasteiger partial charge in [0.15, 0.2) is 5.82 Å². The molecule has 1 aromatic carbocycles. The zero-order chi connectivity index (χ0) is 20.9. The van der Waals surface area contributed by atoms with E-state index in [4.69, 9.17) is 16.6 Å².